The molecule has 1 atom stereocenters. The van der Waals surface area contributed by atoms with Crippen LogP contribution in [0.3, 0.4) is 0 Å². The molecule has 0 spiro atoms. The highest BCUT2D eigenvalue weighted by Gasteiger charge is 2.38. The highest BCUT2D eigenvalue weighted by Crippen LogP contribution is 2.38. The Morgan fingerprint density at radius 3 is 1.87 bits per heavy atom. The molecular weight excluding hydrogens is 500 g/mol. The number of fused-ring (bicyclic) bond motifs is 3. The van der Waals surface area contributed by atoms with E-state index >= 15 is 0 Å². The number of nitrogens with one attached hydrogen (secondary N) is 1. The maximum Gasteiger partial charge on any atom is 0.328 e. The van der Waals surface area contributed by atoms with Gasteiger partial charge in [-0.1, -0.05) is 0 Å². The molecule has 1 amide bonds. The number of carbonyl (C=O) groups excluding carboxylic acids is 1. The number of nitrogens with zero attached hydrogens (tertiary/aromatic N) is 3. The number of carboxylic acids is 2. The SMILES string of the molecule is COc1ccc(N(c2ccc(C(=O)NN3CCCC3)cc2)C2CN3CCC2CC3)cc1.O=C(O)/C=C/C(=O)O. The van der Waals surface area contributed by atoms with Gasteiger partial charge in [-0.3, -0.25) is 10.2 Å². The smallest absolute Gasteiger partial charge is 0.328 e. The summed E-state index contributed by atoms with van der Waals surface area (Å²) >= 11 is 0. The Labute approximate surface area is 228 Å². The average molecular weight is 537 g/mol. The predicted octanol–water partition coefficient (Wildman–Crippen LogP) is 3.38. The molecule has 4 aliphatic rings. The summed E-state index contributed by atoms with van der Waals surface area (Å²) in [4.78, 5) is 36.8. The van der Waals surface area contributed by atoms with Gasteiger partial charge in [0.15, 0.2) is 0 Å². The highest BCUT2D eigenvalue weighted by molar-refractivity contribution is 5.94. The van der Waals surface area contributed by atoms with Gasteiger partial charge in [0.25, 0.3) is 5.91 Å². The van der Waals surface area contributed by atoms with E-state index in [0.717, 1.165) is 43.9 Å². The zero-order valence-electron chi connectivity index (χ0n) is 22.2. The van der Waals surface area contributed by atoms with Gasteiger partial charge < -0.3 is 24.7 Å². The zero-order valence-corrected chi connectivity index (χ0v) is 22.2. The predicted molar refractivity (Wildman–Crippen MR) is 147 cm³/mol. The molecule has 10 heteroatoms. The lowest BCUT2D eigenvalue weighted by Crippen LogP contribution is -2.56. The van der Waals surface area contributed by atoms with Crippen LogP contribution in [0.15, 0.2) is 60.7 Å². The monoisotopic (exact) mass is 536 g/mol. The standard InChI is InChI=1S/C25H32N4O2.C4H4O4/c1-31-23-10-8-22(9-11-23)29(24-18-27-16-12-19(24)13-17-27)21-6-4-20(5-7-21)25(30)26-28-14-2-3-15-28;5-3(6)1-2-4(7)8/h4-11,19,24H,2-3,12-18H2,1H3,(H,26,30);1-2H,(H,5,6)(H,7,8)/b;2-1+. The summed E-state index contributed by atoms with van der Waals surface area (Å²) in [5.41, 5.74) is 6.06. The maximum absolute atomic E-state index is 12.6. The van der Waals surface area contributed by atoms with Crippen molar-refractivity contribution in [1.29, 1.82) is 0 Å². The third-order valence-electron chi connectivity index (χ3n) is 7.45. The number of methoxy groups -OCH3 is 1. The number of hydrazine groups is 1. The average Bonchev–Trinajstić information content (AvgIpc) is 3.47. The molecular formula is C29H36N4O6. The number of piperidine rings is 3. The summed E-state index contributed by atoms with van der Waals surface area (Å²) in [5.74, 6) is -0.969. The molecule has 0 radical (unpaired) electrons. The molecule has 4 saturated heterocycles. The molecule has 1 unspecified atom stereocenters. The molecule has 2 aromatic carbocycles. The molecule has 0 aromatic heterocycles. The fraction of sp³-hybridized carbons (Fsp3) is 0.414. The number of carboxylic acid groups (broad SMARTS) is 2. The number of amides is 1. The van der Waals surface area contributed by atoms with Crippen molar-refractivity contribution in [2.75, 3.05) is 44.7 Å². The van der Waals surface area contributed by atoms with Crippen LogP contribution in [0, 0.1) is 5.92 Å². The maximum atomic E-state index is 12.6. The van der Waals surface area contributed by atoms with Gasteiger partial charge in [0.1, 0.15) is 5.75 Å². The second-order valence-corrected chi connectivity index (χ2v) is 9.97. The first-order valence-corrected chi connectivity index (χ1v) is 13.3. The number of benzene rings is 2. The van der Waals surface area contributed by atoms with Gasteiger partial charge in [0, 0.05) is 54.8 Å². The van der Waals surface area contributed by atoms with Crippen LogP contribution in [-0.4, -0.2) is 83.8 Å². The van der Waals surface area contributed by atoms with E-state index in [-0.39, 0.29) is 5.91 Å². The molecule has 4 heterocycles. The second-order valence-electron chi connectivity index (χ2n) is 9.97. The summed E-state index contributed by atoms with van der Waals surface area (Å²) in [6.45, 7) is 5.40. The lowest BCUT2D eigenvalue weighted by Gasteiger charge is -2.49. The van der Waals surface area contributed by atoms with Gasteiger partial charge in [0.2, 0.25) is 0 Å². The molecule has 0 saturated carbocycles. The van der Waals surface area contributed by atoms with E-state index in [4.69, 9.17) is 14.9 Å². The van der Waals surface area contributed by atoms with Crippen LogP contribution in [0.2, 0.25) is 0 Å². The van der Waals surface area contributed by atoms with E-state index < -0.39 is 11.9 Å². The molecule has 2 aromatic rings. The Bertz CT molecular complexity index is 1140. The minimum absolute atomic E-state index is 0.0210. The molecule has 0 aliphatic carbocycles. The number of rotatable bonds is 8. The third kappa shape index (κ3) is 7.58. The van der Waals surface area contributed by atoms with Crippen molar-refractivity contribution in [3.8, 4) is 5.75 Å². The van der Waals surface area contributed by atoms with Crippen molar-refractivity contribution in [2.45, 2.75) is 31.7 Å². The van der Waals surface area contributed by atoms with E-state index in [1.54, 1.807) is 7.11 Å². The lowest BCUT2D eigenvalue weighted by atomic mass is 9.82. The van der Waals surface area contributed by atoms with E-state index in [1.807, 2.05) is 29.3 Å². The Kier molecular flexibility index (Phi) is 9.56. The minimum Gasteiger partial charge on any atom is -0.497 e. The van der Waals surface area contributed by atoms with Crippen LogP contribution >= 0.6 is 0 Å². The van der Waals surface area contributed by atoms with E-state index in [2.05, 4.69) is 39.5 Å². The Morgan fingerprint density at radius 1 is 0.872 bits per heavy atom. The Morgan fingerprint density at radius 2 is 1.41 bits per heavy atom. The van der Waals surface area contributed by atoms with Crippen LogP contribution in [0.5, 0.6) is 5.75 Å². The van der Waals surface area contributed by atoms with Gasteiger partial charge in [-0.2, -0.15) is 0 Å². The summed E-state index contributed by atoms with van der Waals surface area (Å²) < 4.78 is 5.37. The number of anilines is 2. The Hall–Kier alpha value is -3.89. The first-order chi connectivity index (χ1) is 18.8. The van der Waals surface area contributed by atoms with Crippen LogP contribution in [0.25, 0.3) is 0 Å². The number of ether oxygens (including phenoxy) is 1. The van der Waals surface area contributed by atoms with Gasteiger partial charge in [-0.05, 0) is 93.2 Å². The fourth-order valence-corrected chi connectivity index (χ4v) is 5.45. The van der Waals surface area contributed by atoms with Gasteiger partial charge in [0.05, 0.1) is 7.11 Å². The van der Waals surface area contributed by atoms with Crippen LogP contribution in [0.4, 0.5) is 11.4 Å². The molecule has 2 bridgehead atoms. The summed E-state index contributed by atoms with van der Waals surface area (Å²) in [6.07, 6.45) is 5.93. The summed E-state index contributed by atoms with van der Waals surface area (Å²) in [6, 6.07) is 16.9. The molecule has 10 nitrogen and oxygen atoms in total. The number of hydrogen-bond acceptors (Lipinski definition) is 7. The number of carbonyl (C=O) groups is 3. The molecule has 208 valence electrons. The van der Waals surface area contributed by atoms with Crippen LogP contribution in [0.1, 0.15) is 36.0 Å². The van der Waals surface area contributed by atoms with E-state index in [1.165, 1.54) is 31.6 Å². The van der Waals surface area contributed by atoms with Gasteiger partial charge >= 0.3 is 11.9 Å². The molecule has 39 heavy (non-hydrogen) atoms. The molecule has 3 N–H and O–H groups in total. The van der Waals surface area contributed by atoms with Gasteiger partial charge in [-0.15, -0.1) is 0 Å². The van der Waals surface area contributed by atoms with Crippen molar-refractivity contribution in [2.24, 2.45) is 5.92 Å². The topological polar surface area (TPSA) is 123 Å². The summed E-state index contributed by atoms with van der Waals surface area (Å²) in [5, 5.41) is 17.6. The van der Waals surface area contributed by atoms with E-state index in [9.17, 15) is 14.4 Å². The van der Waals surface area contributed by atoms with Crippen molar-refractivity contribution in [3.05, 3.63) is 66.2 Å². The molecule has 4 aliphatic heterocycles. The van der Waals surface area contributed by atoms with Crippen molar-refractivity contribution >= 4 is 29.2 Å². The van der Waals surface area contributed by atoms with Crippen molar-refractivity contribution in [1.82, 2.24) is 15.3 Å². The second kappa shape index (κ2) is 13.3. The van der Waals surface area contributed by atoms with Crippen LogP contribution < -0.4 is 15.1 Å². The van der Waals surface area contributed by atoms with Crippen LogP contribution in [-0.2, 0) is 9.59 Å². The fourth-order valence-electron chi connectivity index (χ4n) is 5.45. The first-order valence-electron chi connectivity index (χ1n) is 13.3. The normalized spacial score (nSPS) is 22.1. The number of aliphatic carboxylic acids is 2. The zero-order chi connectivity index (χ0) is 27.8. The summed E-state index contributed by atoms with van der Waals surface area (Å²) in [7, 11) is 1.70. The first kappa shape index (κ1) is 28.1. The quantitative estimate of drug-likeness (QED) is 0.436. The molecule has 4 fully saturated rings. The van der Waals surface area contributed by atoms with E-state index in [0.29, 0.717) is 29.7 Å². The van der Waals surface area contributed by atoms with Crippen molar-refractivity contribution in [3.63, 3.8) is 0 Å². The highest BCUT2D eigenvalue weighted by atomic mass is 16.5. The molecule has 6 rings (SSSR count). The van der Waals surface area contributed by atoms with Gasteiger partial charge in [-0.25, -0.2) is 14.6 Å². The minimum atomic E-state index is -1.26. The lowest BCUT2D eigenvalue weighted by molar-refractivity contribution is -0.134. The third-order valence-corrected chi connectivity index (χ3v) is 7.45. The largest absolute Gasteiger partial charge is 0.497 e. The Balaban J connectivity index is 0.000000386. The number of hydrogen-bond donors (Lipinski definition) is 3. The van der Waals surface area contributed by atoms with Crippen molar-refractivity contribution < 1.29 is 29.3 Å².